The van der Waals surface area contributed by atoms with Crippen molar-refractivity contribution in [3.8, 4) is 0 Å². The molecule has 2 aliphatic rings. The Morgan fingerprint density at radius 2 is 1.95 bits per heavy atom. The van der Waals surface area contributed by atoms with Gasteiger partial charge in [0.2, 0.25) is 0 Å². The molecule has 4 heteroatoms. The molecule has 0 aliphatic heterocycles. The Kier molecular flexibility index (Phi) is 6.49. The van der Waals surface area contributed by atoms with Gasteiger partial charge in [-0.15, -0.1) is 0 Å². The number of ether oxygens (including phenoxy) is 2. The van der Waals surface area contributed by atoms with Crippen LogP contribution >= 0.6 is 0 Å². The normalized spacial score (nSPS) is 30.5. The zero-order valence-corrected chi connectivity index (χ0v) is 13.7. The fraction of sp³-hybridized carbons (Fsp3) is 0.941. The molecular formula is C17H31NO3. The highest BCUT2D eigenvalue weighted by Gasteiger charge is 2.43. The fourth-order valence-electron chi connectivity index (χ4n) is 3.84. The molecule has 1 N–H and O–H groups in total. The topological polar surface area (TPSA) is 47.6 Å². The quantitative estimate of drug-likeness (QED) is 0.734. The van der Waals surface area contributed by atoms with Gasteiger partial charge in [-0.3, -0.25) is 4.79 Å². The van der Waals surface area contributed by atoms with Crippen LogP contribution in [0.2, 0.25) is 0 Å². The van der Waals surface area contributed by atoms with Crippen LogP contribution in [-0.4, -0.2) is 37.4 Å². The maximum atomic E-state index is 12.4. The zero-order valence-electron chi connectivity index (χ0n) is 13.7. The predicted octanol–water partition coefficient (Wildman–Crippen LogP) is 3.05. The van der Waals surface area contributed by atoms with E-state index < -0.39 is 5.54 Å². The number of rotatable bonds is 7. The van der Waals surface area contributed by atoms with E-state index >= 15 is 0 Å². The van der Waals surface area contributed by atoms with Gasteiger partial charge >= 0.3 is 5.97 Å². The standard InChI is InChI=1S/C17H31NO3/c1-3-18-17(16(19)20-4-2)11-7-10-15(12-17)21-13-14-8-5-6-9-14/h14-15,18H,3-13H2,1-2H3. The van der Waals surface area contributed by atoms with Gasteiger partial charge in [0.1, 0.15) is 5.54 Å². The molecule has 0 radical (unpaired) electrons. The van der Waals surface area contributed by atoms with Crippen LogP contribution in [0.1, 0.15) is 65.2 Å². The Balaban J connectivity index is 1.90. The summed E-state index contributed by atoms with van der Waals surface area (Å²) in [6, 6.07) is 0. The summed E-state index contributed by atoms with van der Waals surface area (Å²) in [5.74, 6) is 0.643. The molecule has 122 valence electrons. The lowest BCUT2D eigenvalue weighted by Gasteiger charge is -2.39. The van der Waals surface area contributed by atoms with Crippen molar-refractivity contribution in [1.82, 2.24) is 5.32 Å². The van der Waals surface area contributed by atoms with Crippen LogP contribution < -0.4 is 5.32 Å². The highest BCUT2D eigenvalue weighted by Crippen LogP contribution is 2.33. The summed E-state index contributed by atoms with van der Waals surface area (Å²) in [6.45, 7) is 6.02. The van der Waals surface area contributed by atoms with Crippen molar-refractivity contribution < 1.29 is 14.3 Å². The average molecular weight is 297 g/mol. The second-order valence-electron chi connectivity index (χ2n) is 6.54. The molecule has 0 amide bonds. The van der Waals surface area contributed by atoms with Gasteiger partial charge in [-0.05, 0) is 51.5 Å². The van der Waals surface area contributed by atoms with Gasteiger partial charge in [0.15, 0.2) is 0 Å². The van der Waals surface area contributed by atoms with Crippen LogP contribution in [0.3, 0.4) is 0 Å². The molecule has 2 unspecified atom stereocenters. The zero-order chi connectivity index (χ0) is 15.1. The molecule has 0 aromatic carbocycles. The average Bonchev–Trinajstić information content (AvgIpc) is 2.99. The minimum atomic E-state index is -0.524. The van der Waals surface area contributed by atoms with Crippen molar-refractivity contribution in [3.05, 3.63) is 0 Å². The Morgan fingerprint density at radius 3 is 2.62 bits per heavy atom. The smallest absolute Gasteiger partial charge is 0.326 e. The van der Waals surface area contributed by atoms with Crippen molar-refractivity contribution in [3.63, 3.8) is 0 Å². The number of carbonyl (C=O) groups is 1. The van der Waals surface area contributed by atoms with Crippen molar-refractivity contribution in [2.45, 2.75) is 76.9 Å². The van der Waals surface area contributed by atoms with Gasteiger partial charge in [-0.2, -0.15) is 0 Å². The van der Waals surface area contributed by atoms with E-state index in [-0.39, 0.29) is 12.1 Å². The summed E-state index contributed by atoms with van der Waals surface area (Å²) in [5, 5.41) is 3.39. The van der Waals surface area contributed by atoms with Crippen LogP contribution in [0.4, 0.5) is 0 Å². The molecule has 0 bridgehead atoms. The van der Waals surface area contributed by atoms with Crippen LogP contribution in [-0.2, 0) is 14.3 Å². The Labute approximate surface area is 129 Å². The number of hydrogen-bond acceptors (Lipinski definition) is 4. The number of likely N-dealkylation sites (N-methyl/N-ethyl adjacent to an activating group) is 1. The molecule has 2 aliphatic carbocycles. The number of nitrogens with one attached hydrogen (secondary N) is 1. The van der Waals surface area contributed by atoms with Gasteiger partial charge in [-0.25, -0.2) is 0 Å². The largest absolute Gasteiger partial charge is 0.465 e. The summed E-state index contributed by atoms with van der Waals surface area (Å²) < 4.78 is 11.5. The first-order valence-corrected chi connectivity index (χ1v) is 8.74. The third-order valence-electron chi connectivity index (χ3n) is 4.93. The van der Waals surface area contributed by atoms with Gasteiger partial charge in [-0.1, -0.05) is 19.8 Å². The van der Waals surface area contributed by atoms with Crippen LogP contribution in [0, 0.1) is 5.92 Å². The van der Waals surface area contributed by atoms with Crippen LogP contribution in [0.25, 0.3) is 0 Å². The number of hydrogen-bond donors (Lipinski definition) is 1. The monoisotopic (exact) mass is 297 g/mol. The SMILES string of the molecule is CCNC1(C(=O)OCC)CCCC(OCC2CCCC2)C1. The summed E-state index contributed by atoms with van der Waals surface area (Å²) in [5.41, 5.74) is -0.524. The van der Waals surface area contributed by atoms with Crippen molar-refractivity contribution in [2.24, 2.45) is 5.92 Å². The van der Waals surface area contributed by atoms with Gasteiger partial charge in [0.25, 0.3) is 0 Å². The summed E-state index contributed by atoms with van der Waals surface area (Å²) in [4.78, 5) is 12.4. The highest BCUT2D eigenvalue weighted by molar-refractivity contribution is 5.81. The summed E-state index contributed by atoms with van der Waals surface area (Å²) >= 11 is 0. The Hall–Kier alpha value is -0.610. The van der Waals surface area contributed by atoms with Crippen molar-refractivity contribution >= 4 is 5.97 Å². The molecule has 2 fully saturated rings. The van der Waals surface area contributed by atoms with E-state index in [0.29, 0.717) is 6.61 Å². The fourth-order valence-corrected chi connectivity index (χ4v) is 3.84. The molecule has 0 aromatic rings. The van der Waals surface area contributed by atoms with E-state index in [1.54, 1.807) is 0 Å². The third kappa shape index (κ3) is 4.43. The molecule has 2 rings (SSSR count). The predicted molar refractivity (Wildman–Crippen MR) is 83.2 cm³/mol. The lowest BCUT2D eigenvalue weighted by atomic mass is 9.80. The van der Waals surface area contributed by atoms with E-state index in [1.807, 2.05) is 13.8 Å². The molecular weight excluding hydrogens is 266 g/mol. The third-order valence-corrected chi connectivity index (χ3v) is 4.93. The summed E-state index contributed by atoms with van der Waals surface area (Å²) in [7, 11) is 0. The molecule has 2 atom stereocenters. The first kappa shape index (κ1) is 16.8. The minimum absolute atomic E-state index is 0.0963. The molecule has 0 aromatic heterocycles. The minimum Gasteiger partial charge on any atom is -0.465 e. The van der Waals surface area contributed by atoms with E-state index in [0.717, 1.165) is 44.8 Å². The molecule has 0 saturated heterocycles. The first-order chi connectivity index (χ1) is 10.2. The van der Waals surface area contributed by atoms with E-state index in [4.69, 9.17) is 9.47 Å². The van der Waals surface area contributed by atoms with E-state index in [2.05, 4.69) is 5.32 Å². The van der Waals surface area contributed by atoms with E-state index in [9.17, 15) is 4.79 Å². The second-order valence-corrected chi connectivity index (χ2v) is 6.54. The maximum absolute atomic E-state index is 12.4. The molecule has 0 heterocycles. The van der Waals surface area contributed by atoms with Gasteiger partial charge < -0.3 is 14.8 Å². The second kappa shape index (κ2) is 8.14. The van der Waals surface area contributed by atoms with Crippen molar-refractivity contribution in [2.75, 3.05) is 19.8 Å². The van der Waals surface area contributed by atoms with Gasteiger partial charge in [0.05, 0.1) is 12.7 Å². The molecule has 21 heavy (non-hydrogen) atoms. The molecule has 4 nitrogen and oxygen atoms in total. The van der Waals surface area contributed by atoms with E-state index in [1.165, 1.54) is 25.7 Å². The van der Waals surface area contributed by atoms with Crippen molar-refractivity contribution in [1.29, 1.82) is 0 Å². The lowest BCUT2D eigenvalue weighted by molar-refractivity contribution is -0.155. The van der Waals surface area contributed by atoms with Crippen LogP contribution in [0.5, 0.6) is 0 Å². The first-order valence-electron chi connectivity index (χ1n) is 8.74. The maximum Gasteiger partial charge on any atom is 0.326 e. The molecule has 0 spiro atoms. The Morgan fingerprint density at radius 1 is 1.19 bits per heavy atom. The Bertz CT molecular complexity index is 324. The molecule has 2 saturated carbocycles. The number of carbonyl (C=O) groups excluding carboxylic acids is 1. The van der Waals surface area contributed by atoms with Gasteiger partial charge in [0, 0.05) is 13.0 Å². The van der Waals surface area contributed by atoms with Crippen LogP contribution in [0.15, 0.2) is 0 Å². The highest BCUT2D eigenvalue weighted by atomic mass is 16.5. The number of esters is 1. The summed E-state index contributed by atoms with van der Waals surface area (Å²) in [6.07, 6.45) is 9.23. The lowest BCUT2D eigenvalue weighted by Crippen LogP contribution is -2.57.